The third-order valence-corrected chi connectivity index (χ3v) is 2.21. The Bertz CT molecular complexity index is 276. The van der Waals surface area contributed by atoms with Crippen molar-refractivity contribution in [3.63, 3.8) is 0 Å². The molecule has 0 spiro atoms. The first kappa shape index (κ1) is 9.24. The van der Waals surface area contributed by atoms with Gasteiger partial charge in [-0.1, -0.05) is 0 Å². The first-order valence-electron chi connectivity index (χ1n) is 2.71. The van der Waals surface area contributed by atoms with Gasteiger partial charge in [0.05, 0.1) is 5.56 Å². The number of carbonyl (C=O) groups is 1. The van der Waals surface area contributed by atoms with Crippen LogP contribution >= 0.6 is 45.2 Å². The van der Waals surface area contributed by atoms with Gasteiger partial charge in [0.25, 0.3) is 0 Å². The Morgan fingerprint density at radius 3 is 2.18 bits per heavy atom. The SMILES string of the molecule is O=C(O)c1cc(I)[c]c(I)c1. The lowest BCUT2D eigenvalue weighted by molar-refractivity contribution is 0.0696. The molecule has 1 aromatic carbocycles. The van der Waals surface area contributed by atoms with E-state index in [2.05, 4.69) is 6.07 Å². The van der Waals surface area contributed by atoms with Gasteiger partial charge in [0.1, 0.15) is 0 Å². The molecule has 0 fully saturated rings. The molecule has 1 N–H and O–H groups in total. The first-order chi connectivity index (χ1) is 5.09. The number of hydrogen-bond acceptors (Lipinski definition) is 1. The van der Waals surface area contributed by atoms with E-state index >= 15 is 0 Å². The number of aromatic carboxylic acids is 1. The van der Waals surface area contributed by atoms with Crippen LogP contribution in [0.5, 0.6) is 0 Å². The maximum Gasteiger partial charge on any atom is 0.335 e. The summed E-state index contributed by atoms with van der Waals surface area (Å²) < 4.78 is 1.65. The molecule has 0 atom stereocenters. The summed E-state index contributed by atoms with van der Waals surface area (Å²) in [6.07, 6.45) is 0. The highest BCUT2D eigenvalue weighted by molar-refractivity contribution is 14.1. The summed E-state index contributed by atoms with van der Waals surface area (Å²) in [5.41, 5.74) is 0.317. The molecule has 1 radical (unpaired) electrons. The number of halogens is 2. The van der Waals surface area contributed by atoms with Crippen molar-refractivity contribution in [3.8, 4) is 0 Å². The molecular weight excluding hydrogens is 370 g/mol. The zero-order chi connectivity index (χ0) is 8.43. The molecule has 0 aliphatic heterocycles. The Labute approximate surface area is 91.3 Å². The standard InChI is InChI=1S/C7H3I2O2/c8-5-1-4(7(10)11)2-6(9)3-5/h1-2H,(H,10,11). The zero-order valence-electron chi connectivity index (χ0n) is 5.27. The van der Waals surface area contributed by atoms with Crippen LogP contribution in [0.4, 0.5) is 0 Å². The maximum absolute atomic E-state index is 10.5. The quantitative estimate of drug-likeness (QED) is 0.768. The van der Waals surface area contributed by atoms with Crippen molar-refractivity contribution in [2.45, 2.75) is 0 Å². The van der Waals surface area contributed by atoms with Gasteiger partial charge in [0.2, 0.25) is 0 Å². The minimum atomic E-state index is -0.894. The summed E-state index contributed by atoms with van der Waals surface area (Å²) in [5, 5.41) is 8.61. The second-order valence-corrected chi connectivity index (χ2v) is 4.19. The van der Waals surface area contributed by atoms with Crippen LogP contribution in [-0.4, -0.2) is 11.1 Å². The van der Waals surface area contributed by atoms with E-state index in [0.29, 0.717) is 5.56 Å². The average Bonchev–Trinajstić information content (AvgIpc) is 1.85. The van der Waals surface area contributed by atoms with Gasteiger partial charge in [-0.15, -0.1) is 0 Å². The molecule has 1 aromatic rings. The van der Waals surface area contributed by atoms with Gasteiger partial charge in [-0.05, 0) is 57.3 Å². The minimum Gasteiger partial charge on any atom is -0.478 e. The fourth-order valence-electron chi connectivity index (χ4n) is 0.624. The Hall–Kier alpha value is 0.150. The van der Waals surface area contributed by atoms with Gasteiger partial charge in [-0.2, -0.15) is 0 Å². The summed E-state index contributed by atoms with van der Waals surface area (Å²) in [4.78, 5) is 10.5. The molecule has 57 valence electrons. The van der Waals surface area contributed by atoms with Crippen molar-refractivity contribution in [1.82, 2.24) is 0 Å². The molecule has 11 heavy (non-hydrogen) atoms. The first-order valence-corrected chi connectivity index (χ1v) is 4.87. The van der Waals surface area contributed by atoms with Crippen LogP contribution in [0, 0.1) is 13.2 Å². The highest BCUT2D eigenvalue weighted by Gasteiger charge is 2.03. The van der Waals surface area contributed by atoms with E-state index in [-0.39, 0.29) is 0 Å². The van der Waals surface area contributed by atoms with Crippen LogP contribution in [-0.2, 0) is 0 Å². The molecule has 0 saturated carbocycles. The van der Waals surface area contributed by atoms with Gasteiger partial charge < -0.3 is 5.11 Å². The van der Waals surface area contributed by atoms with Crippen molar-refractivity contribution in [3.05, 3.63) is 30.9 Å². The number of carboxylic acids is 1. The fraction of sp³-hybridized carbons (Fsp3) is 0. The summed E-state index contributed by atoms with van der Waals surface area (Å²) in [7, 11) is 0. The van der Waals surface area contributed by atoms with Crippen LogP contribution in [0.3, 0.4) is 0 Å². The number of hydrogen-bond donors (Lipinski definition) is 1. The Morgan fingerprint density at radius 1 is 1.36 bits per heavy atom. The Kier molecular flexibility index (Phi) is 3.11. The summed E-state index contributed by atoms with van der Waals surface area (Å²) in [6, 6.07) is 6.15. The Morgan fingerprint density at radius 2 is 1.82 bits per heavy atom. The van der Waals surface area contributed by atoms with Crippen molar-refractivity contribution < 1.29 is 9.90 Å². The van der Waals surface area contributed by atoms with E-state index in [1.165, 1.54) is 0 Å². The largest absolute Gasteiger partial charge is 0.478 e. The molecular formula is C7H3I2O2. The lowest BCUT2D eigenvalue weighted by Crippen LogP contribution is -1.97. The van der Waals surface area contributed by atoms with Gasteiger partial charge in [-0.25, -0.2) is 4.79 Å². The lowest BCUT2D eigenvalue weighted by atomic mass is 10.2. The maximum atomic E-state index is 10.5. The average molecular weight is 373 g/mol. The number of carboxylic acid groups (broad SMARTS) is 1. The van der Waals surface area contributed by atoms with Crippen molar-refractivity contribution in [2.75, 3.05) is 0 Å². The molecule has 0 aromatic heterocycles. The molecule has 0 saturated heterocycles. The van der Waals surface area contributed by atoms with Crippen LogP contribution < -0.4 is 0 Å². The fourth-order valence-corrected chi connectivity index (χ4v) is 2.39. The van der Waals surface area contributed by atoms with Gasteiger partial charge in [0.15, 0.2) is 0 Å². The van der Waals surface area contributed by atoms with Crippen LogP contribution in [0.1, 0.15) is 10.4 Å². The highest BCUT2D eigenvalue weighted by atomic mass is 127. The number of benzene rings is 1. The van der Waals surface area contributed by atoms with Crippen LogP contribution in [0.25, 0.3) is 0 Å². The second-order valence-electron chi connectivity index (χ2n) is 1.87. The molecule has 0 heterocycles. The predicted molar refractivity (Wildman–Crippen MR) is 57.7 cm³/mol. The summed E-state index contributed by atoms with van der Waals surface area (Å²) in [6.45, 7) is 0. The molecule has 1 rings (SSSR count). The monoisotopic (exact) mass is 373 g/mol. The molecule has 0 amide bonds. The second kappa shape index (κ2) is 3.70. The molecule has 0 bridgehead atoms. The van der Waals surface area contributed by atoms with Gasteiger partial charge >= 0.3 is 5.97 Å². The third-order valence-electron chi connectivity index (χ3n) is 1.05. The third kappa shape index (κ3) is 2.58. The normalized spacial score (nSPS) is 9.64. The van der Waals surface area contributed by atoms with Crippen molar-refractivity contribution in [2.24, 2.45) is 0 Å². The van der Waals surface area contributed by atoms with Crippen molar-refractivity contribution >= 4 is 51.2 Å². The van der Waals surface area contributed by atoms with E-state index < -0.39 is 5.97 Å². The van der Waals surface area contributed by atoms with Crippen LogP contribution in [0.2, 0.25) is 0 Å². The molecule has 2 nitrogen and oxygen atoms in total. The summed E-state index contributed by atoms with van der Waals surface area (Å²) >= 11 is 4.08. The molecule has 0 aliphatic carbocycles. The molecule has 4 heteroatoms. The Balaban J connectivity index is 3.19. The van der Waals surface area contributed by atoms with Crippen LogP contribution in [0.15, 0.2) is 12.1 Å². The molecule has 0 aliphatic rings. The number of rotatable bonds is 1. The zero-order valence-corrected chi connectivity index (χ0v) is 9.58. The highest BCUT2D eigenvalue weighted by Crippen LogP contribution is 2.13. The smallest absolute Gasteiger partial charge is 0.335 e. The molecule has 0 unspecified atom stereocenters. The predicted octanol–water partition coefficient (Wildman–Crippen LogP) is 2.39. The van der Waals surface area contributed by atoms with E-state index in [1.54, 1.807) is 12.1 Å². The van der Waals surface area contributed by atoms with E-state index in [1.807, 2.05) is 45.2 Å². The van der Waals surface area contributed by atoms with E-state index in [0.717, 1.165) is 7.14 Å². The van der Waals surface area contributed by atoms with E-state index in [9.17, 15) is 4.79 Å². The van der Waals surface area contributed by atoms with Gasteiger partial charge in [-0.3, -0.25) is 0 Å². The topological polar surface area (TPSA) is 37.3 Å². The minimum absolute atomic E-state index is 0.317. The van der Waals surface area contributed by atoms with Gasteiger partial charge in [0, 0.05) is 13.2 Å². The van der Waals surface area contributed by atoms with E-state index in [4.69, 9.17) is 5.11 Å². The lowest BCUT2D eigenvalue weighted by Gasteiger charge is -1.95. The summed E-state index contributed by atoms with van der Waals surface area (Å²) in [5.74, 6) is -0.894. The van der Waals surface area contributed by atoms with Crippen molar-refractivity contribution in [1.29, 1.82) is 0 Å².